The largest absolute Gasteiger partial charge is 0.481 e. The molecule has 0 aromatic carbocycles. The first-order chi connectivity index (χ1) is 6.14. The third-order valence-corrected chi connectivity index (χ3v) is 3.55. The van der Waals surface area contributed by atoms with Gasteiger partial charge in [-0.1, -0.05) is 4.49 Å². The first-order valence-electron chi connectivity index (χ1n) is 4.15. The van der Waals surface area contributed by atoms with Crippen molar-refractivity contribution in [1.29, 1.82) is 0 Å². The van der Waals surface area contributed by atoms with Crippen LogP contribution >= 0.6 is 11.5 Å². The molecule has 0 radical (unpaired) electrons. The molecule has 5 heteroatoms. The summed E-state index contributed by atoms with van der Waals surface area (Å²) in [6.07, 6.45) is 2.14. The number of hydrogen-bond acceptors (Lipinski definition) is 4. The summed E-state index contributed by atoms with van der Waals surface area (Å²) in [7, 11) is 0. The van der Waals surface area contributed by atoms with Gasteiger partial charge >= 0.3 is 5.97 Å². The third kappa shape index (κ3) is 1.44. The lowest BCUT2D eigenvalue weighted by Crippen LogP contribution is -2.12. The smallest absolute Gasteiger partial charge is 0.304 e. The van der Waals surface area contributed by atoms with Gasteiger partial charge in [-0.3, -0.25) is 4.79 Å². The van der Waals surface area contributed by atoms with Crippen molar-refractivity contribution in [1.82, 2.24) is 9.59 Å². The molecule has 1 aromatic rings. The van der Waals surface area contributed by atoms with Crippen LogP contribution in [0.15, 0.2) is 0 Å². The lowest BCUT2D eigenvalue weighted by molar-refractivity contribution is -0.137. The fourth-order valence-corrected chi connectivity index (χ4v) is 2.53. The molecular formula is C8H10N2O2S. The lowest BCUT2D eigenvalue weighted by Gasteiger charge is -2.08. The van der Waals surface area contributed by atoms with Crippen molar-refractivity contribution in [2.45, 2.75) is 31.6 Å². The molecule has 1 aliphatic rings. The van der Waals surface area contributed by atoms with E-state index in [0.717, 1.165) is 23.4 Å². The summed E-state index contributed by atoms with van der Waals surface area (Å²) in [5.74, 6) is -0.731. The second-order valence-corrected chi connectivity index (χ2v) is 4.29. The van der Waals surface area contributed by atoms with Crippen molar-refractivity contribution in [2.75, 3.05) is 0 Å². The first kappa shape index (κ1) is 8.62. The highest BCUT2D eigenvalue weighted by atomic mass is 32.1. The zero-order valence-corrected chi connectivity index (χ0v) is 8.10. The Morgan fingerprint density at radius 1 is 1.69 bits per heavy atom. The molecule has 0 amide bonds. The number of carbonyl (C=O) groups is 1. The summed E-state index contributed by atoms with van der Waals surface area (Å²) in [5, 5.41) is 12.6. The van der Waals surface area contributed by atoms with Gasteiger partial charge < -0.3 is 5.11 Å². The van der Waals surface area contributed by atoms with Gasteiger partial charge in [-0.2, -0.15) is 0 Å². The molecule has 1 aromatic heterocycles. The van der Waals surface area contributed by atoms with Gasteiger partial charge in [0.15, 0.2) is 0 Å². The molecule has 70 valence electrons. The Hall–Kier alpha value is -0.970. The van der Waals surface area contributed by atoms with Crippen LogP contribution in [0.4, 0.5) is 0 Å². The van der Waals surface area contributed by atoms with E-state index in [-0.39, 0.29) is 11.8 Å². The summed E-state index contributed by atoms with van der Waals surface area (Å²) in [4.78, 5) is 11.7. The number of aryl methyl sites for hydroxylation is 1. The molecule has 0 bridgehead atoms. The average Bonchev–Trinajstić information content (AvgIpc) is 2.65. The fraction of sp³-hybridized carbons (Fsp3) is 0.625. The maximum absolute atomic E-state index is 10.6. The number of carboxylic acids is 1. The molecule has 1 heterocycles. The van der Waals surface area contributed by atoms with Crippen molar-refractivity contribution in [3.63, 3.8) is 0 Å². The average molecular weight is 198 g/mol. The van der Waals surface area contributed by atoms with E-state index >= 15 is 0 Å². The summed E-state index contributed by atoms with van der Waals surface area (Å²) < 4.78 is 3.83. The Bertz CT molecular complexity index is 344. The zero-order valence-electron chi connectivity index (χ0n) is 7.28. The Morgan fingerprint density at radius 2 is 2.38 bits per heavy atom. The molecule has 0 aliphatic heterocycles. The molecule has 4 nitrogen and oxygen atoms in total. The molecule has 0 saturated heterocycles. The van der Waals surface area contributed by atoms with Crippen LogP contribution in [0, 0.1) is 6.92 Å². The van der Waals surface area contributed by atoms with Gasteiger partial charge in [0.1, 0.15) is 0 Å². The summed E-state index contributed by atoms with van der Waals surface area (Å²) in [6.45, 7) is 1.89. The van der Waals surface area contributed by atoms with E-state index in [9.17, 15) is 4.79 Å². The van der Waals surface area contributed by atoms with E-state index in [2.05, 4.69) is 9.59 Å². The van der Waals surface area contributed by atoms with Crippen molar-refractivity contribution in [3.05, 3.63) is 10.6 Å². The molecule has 13 heavy (non-hydrogen) atoms. The van der Waals surface area contributed by atoms with Crippen LogP contribution < -0.4 is 0 Å². The molecule has 1 aliphatic carbocycles. The SMILES string of the molecule is Cc1nnsc1C1(CC(=O)O)CC1. The minimum Gasteiger partial charge on any atom is -0.481 e. The van der Waals surface area contributed by atoms with Gasteiger partial charge in [-0.05, 0) is 31.3 Å². The minimum absolute atomic E-state index is 0.121. The van der Waals surface area contributed by atoms with Gasteiger partial charge in [-0.15, -0.1) is 5.10 Å². The summed E-state index contributed by atoms with van der Waals surface area (Å²) >= 11 is 1.34. The highest BCUT2D eigenvalue weighted by molar-refractivity contribution is 7.05. The van der Waals surface area contributed by atoms with Crippen LogP contribution in [0.3, 0.4) is 0 Å². The van der Waals surface area contributed by atoms with E-state index in [1.807, 2.05) is 6.92 Å². The van der Waals surface area contributed by atoms with Gasteiger partial charge in [-0.25, -0.2) is 0 Å². The molecular weight excluding hydrogens is 188 g/mol. The molecule has 1 N–H and O–H groups in total. The Labute approximate surface area is 79.8 Å². The highest BCUT2D eigenvalue weighted by Gasteiger charge is 2.48. The van der Waals surface area contributed by atoms with Crippen molar-refractivity contribution in [3.8, 4) is 0 Å². The Morgan fingerprint density at radius 3 is 2.77 bits per heavy atom. The molecule has 0 spiro atoms. The number of hydrogen-bond donors (Lipinski definition) is 1. The van der Waals surface area contributed by atoms with Crippen LogP contribution in [0.2, 0.25) is 0 Å². The topological polar surface area (TPSA) is 63.1 Å². The van der Waals surface area contributed by atoms with Crippen molar-refractivity contribution < 1.29 is 9.90 Å². The number of aromatic nitrogens is 2. The lowest BCUT2D eigenvalue weighted by atomic mass is 9.99. The monoisotopic (exact) mass is 198 g/mol. The van der Waals surface area contributed by atoms with Crippen LogP contribution in [0.25, 0.3) is 0 Å². The van der Waals surface area contributed by atoms with Gasteiger partial charge in [0.2, 0.25) is 0 Å². The van der Waals surface area contributed by atoms with Crippen molar-refractivity contribution in [2.24, 2.45) is 0 Å². The van der Waals surface area contributed by atoms with Crippen LogP contribution in [0.1, 0.15) is 29.8 Å². The maximum Gasteiger partial charge on any atom is 0.304 e. The van der Waals surface area contributed by atoms with E-state index < -0.39 is 5.97 Å². The van der Waals surface area contributed by atoms with Crippen LogP contribution in [-0.4, -0.2) is 20.7 Å². The van der Waals surface area contributed by atoms with Crippen LogP contribution in [-0.2, 0) is 10.2 Å². The second kappa shape index (κ2) is 2.77. The third-order valence-electron chi connectivity index (χ3n) is 2.48. The van der Waals surface area contributed by atoms with Gasteiger partial charge in [0, 0.05) is 5.41 Å². The standard InChI is InChI=1S/C8H10N2O2S/c1-5-7(13-10-9-5)8(2-3-8)4-6(11)12/h2-4H2,1H3,(H,11,12). The van der Waals surface area contributed by atoms with E-state index in [1.54, 1.807) is 0 Å². The fourth-order valence-electron chi connectivity index (χ4n) is 1.64. The van der Waals surface area contributed by atoms with Crippen LogP contribution in [0.5, 0.6) is 0 Å². The molecule has 1 fully saturated rings. The van der Waals surface area contributed by atoms with Gasteiger partial charge in [0.05, 0.1) is 17.0 Å². The minimum atomic E-state index is -0.731. The van der Waals surface area contributed by atoms with E-state index in [0.29, 0.717) is 0 Å². The van der Waals surface area contributed by atoms with Crippen molar-refractivity contribution >= 4 is 17.5 Å². The van der Waals surface area contributed by atoms with E-state index in [4.69, 9.17) is 5.11 Å². The number of rotatable bonds is 3. The second-order valence-electron chi connectivity index (χ2n) is 3.54. The molecule has 2 rings (SSSR count). The normalized spacial score (nSPS) is 18.5. The van der Waals surface area contributed by atoms with E-state index in [1.165, 1.54) is 11.5 Å². The number of carboxylic acid groups (broad SMARTS) is 1. The molecule has 0 atom stereocenters. The summed E-state index contributed by atoms with van der Waals surface area (Å²) in [5.41, 5.74) is 0.771. The zero-order chi connectivity index (χ0) is 9.47. The summed E-state index contributed by atoms with van der Waals surface area (Å²) in [6, 6.07) is 0. The molecule has 0 unspecified atom stereocenters. The Kier molecular flexibility index (Phi) is 1.83. The Balaban J connectivity index is 2.25. The highest BCUT2D eigenvalue weighted by Crippen LogP contribution is 2.52. The first-order valence-corrected chi connectivity index (χ1v) is 4.93. The maximum atomic E-state index is 10.6. The van der Waals surface area contributed by atoms with Gasteiger partial charge in [0.25, 0.3) is 0 Å². The predicted molar refractivity (Wildman–Crippen MR) is 47.8 cm³/mol. The quantitative estimate of drug-likeness (QED) is 0.796. The molecule has 1 saturated carbocycles. The number of nitrogens with zero attached hydrogens (tertiary/aromatic N) is 2. The number of aliphatic carboxylic acids is 1. The predicted octanol–water partition coefficient (Wildman–Crippen LogP) is 1.35.